The number of nitrogens with two attached hydrogens (primary N) is 1. The van der Waals surface area contributed by atoms with E-state index in [4.69, 9.17) is 5.73 Å². The fourth-order valence-electron chi connectivity index (χ4n) is 3.45. The Kier molecular flexibility index (Phi) is 6.67. The van der Waals surface area contributed by atoms with E-state index in [0.29, 0.717) is 17.9 Å². The van der Waals surface area contributed by atoms with Gasteiger partial charge in [-0.3, -0.25) is 4.79 Å². The Morgan fingerprint density at radius 1 is 1.00 bits per heavy atom. The first-order valence-electron chi connectivity index (χ1n) is 9.56. The molecule has 150 valence electrons. The number of amides is 1. The number of hydrogen-bond donors (Lipinski definition) is 2. The number of nitrogens with zero attached hydrogens (tertiary/aromatic N) is 3. The number of imidazole rings is 1. The van der Waals surface area contributed by atoms with Gasteiger partial charge in [-0.1, -0.05) is 36.4 Å². The number of aryl methyl sites for hydroxylation is 1. The number of unbranched alkanes of at least 4 members (excludes halogenated alkanes) is 2. The lowest BCUT2D eigenvalue weighted by molar-refractivity contribution is 0.0953. The Bertz CT molecular complexity index is 1110. The minimum absolute atomic E-state index is 0. The SMILES string of the molecule is Cl.Nc1nc2ccccc2c2c1ncn2CCCCCNC(=O)c1ccccc1. The molecule has 0 spiro atoms. The number of nitrogens with one attached hydrogen (secondary N) is 1. The molecule has 3 N–H and O–H groups in total. The maximum absolute atomic E-state index is 12.0. The van der Waals surface area contributed by atoms with Crippen molar-refractivity contribution in [1.29, 1.82) is 0 Å². The molecule has 2 aromatic heterocycles. The zero-order valence-electron chi connectivity index (χ0n) is 16.0. The van der Waals surface area contributed by atoms with E-state index >= 15 is 0 Å². The Morgan fingerprint density at radius 2 is 1.76 bits per heavy atom. The second-order valence-corrected chi connectivity index (χ2v) is 6.83. The average Bonchev–Trinajstić information content (AvgIpc) is 3.16. The van der Waals surface area contributed by atoms with Gasteiger partial charge in [-0.25, -0.2) is 9.97 Å². The number of carbonyl (C=O) groups excluding carboxylic acids is 1. The molecule has 0 bridgehead atoms. The molecular weight excluding hydrogens is 386 g/mol. The molecule has 29 heavy (non-hydrogen) atoms. The quantitative estimate of drug-likeness (QED) is 0.448. The van der Waals surface area contributed by atoms with Crippen molar-refractivity contribution in [2.45, 2.75) is 25.8 Å². The Balaban J connectivity index is 0.00000240. The lowest BCUT2D eigenvalue weighted by Crippen LogP contribution is -2.24. The van der Waals surface area contributed by atoms with Crippen molar-refractivity contribution in [1.82, 2.24) is 19.9 Å². The van der Waals surface area contributed by atoms with Crippen LogP contribution in [0.1, 0.15) is 29.6 Å². The predicted molar refractivity (Wildman–Crippen MR) is 119 cm³/mol. The Labute approximate surface area is 175 Å². The van der Waals surface area contributed by atoms with Gasteiger partial charge in [-0.2, -0.15) is 0 Å². The molecule has 0 aliphatic carbocycles. The van der Waals surface area contributed by atoms with Gasteiger partial charge in [0.25, 0.3) is 5.91 Å². The summed E-state index contributed by atoms with van der Waals surface area (Å²) in [5.74, 6) is 0.451. The number of rotatable bonds is 7. The summed E-state index contributed by atoms with van der Waals surface area (Å²) in [4.78, 5) is 20.9. The van der Waals surface area contributed by atoms with Crippen LogP contribution < -0.4 is 11.1 Å². The van der Waals surface area contributed by atoms with Gasteiger partial charge in [0, 0.05) is 24.0 Å². The number of fused-ring (bicyclic) bond motifs is 3. The monoisotopic (exact) mass is 409 g/mol. The molecular formula is C22H24ClN5O. The van der Waals surface area contributed by atoms with Crippen molar-refractivity contribution in [2.75, 3.05) is 12.3 Å². The minimum Gasteiger partial charge on any atom is -0.382 e. The summed E-state index contributed by atoms with van der Waals surface area (Å²) >= 11 is 0. The van der Waals surface area contributed by atoms with Crippen LogP contribution in [0.25, 0.3) is 21.9 Å². The maximum atomic E-state index is 12.0. The lowest BCUT2D eigenvalue weighted by atomic mass is 10.1. The summed E-state index contributed by atoms with van der Waals surface area (Å²) in [6, 6.07) is 17.3. The third-order valence-electron chi connectivity index (χ3n) is 4.88. The fraction of sp³-hybridized carbons (Fsp3) is 0.227. The number of pyridine rings is 1. The summed E-state index contributed by atoms with van der Waals surface area (Å²) in [6.45, 7) is 1.54. The molecule has 0 fully saturated rings. The molecule has 4 rings (SSSR count). The van der Waals surface area contributed by atoms with Crippen molar-refractivity contribution in [3.63, 3.8) is 0 Å². The van der Waals surface area contributed by atoms with E-state index in [0.717, 1.165) is 47.7 Å². The number of anilines is 1. The number of nitrogen functional groups attached to an aromatic ring is 1. The van der Waals surface area contributed by atoms with Crippen LogP contribution >= 0.6 is 12.4 Å². The van der Waals surface area contributed by atoms with E-state index in [-0.39, 0.29) is 18.3 Å². The van der Waals surface area contributed by atoms with Crippen molar-refractivity contribution >= 4 is 46.1 Å². The van der Waals surface area contributed by atoms with Crippen molar-refractivity contribution < 1.29 is 4.79 Å². The minimum atomic E-state index is -0.0179. The molecule has 0 aliphatic heterocycles. The van der Waals surface area contributed by atoms with Crippen LogP contribution in [0, 0.1) is 0 Å². The van der Waals surface area contributed by atoms with Crippen LogP contribution in [0.5, 0.6) is 0 Å². The molecule has 6 nitrogen and oxygen atoms in total. The number of carbonyl (C=O) groups is 1. The predicted octanol–water partition coefficient (Wildman–Crippen LogP) is 4.19. The molecule has 7 heteroatoms. The first-order valence-corrected chi connectivity index (χ1v) is 9.56. The van der Waals surface area contributed by atoms with Crippen LogP contribution in [0.15, 0.2) is 60.9 Å². The lowest BCUT2D eigenvalue weighted by Gasteiger charge is -2.08. The van der Waals surface area contributed by atoms with Gasteiger partial charge >= 0.3 is 0 Å². The van der Waals surface area contributed by atoms with Crippen LogP contribution in [-0.2, 0) is 6.54 Å². The number of para-hydroxylation sites is 1. The smallest absolute Gasteiger partial charge is 0.251 e. The molecule has 4 aromatic rings. The molecule has 0 unspecified atom stereocenters. The van der Waals surface area contributed by atoms with Gasteiger partial charge < -0.3 is 15.6 Å². The number of halogens is 1. The Hall–Kier alpha value is -3.12. The van der Waals surface area contributed by atoms with Crippen LogP contribution in [0.4, 0.5) is 5.82 Å². The van der Waals surface area contributed by atoms with E-state index in [1.165, 1.54) is 0 Å². The molecule has 0 saturated heterocycles. The molecule has 0 aliphatic rings. The van der Waals surface area contributed by atoms with Crippen LogP contribution in [-0.4, -0.2) is 27.0 Å². The number of hydrogen-bond acceptors (Lipinski definition) is 4. The third-order valence-corrected chi connectivity index (χ3v) is 4.88. The molecule has 0 radical (unpaired) electrons. The summed E-state index contributed by atoms with van der Waals surface area (Å²) in [5.41, 5.74) is 9.47. The second-order valence-electron chi connectivity index (χ2n) is 6.83. The van der Waals surface area contributed by atoms with E-state index in [1.54, 1.807) is 0 Å². The zero-order valence-corrected chi connectivity index (χ0v) is 16.9. The van der Waals surface area contributed by atoms with E-state index in [2.05, 4.69) is 25.9 Å². The van der Waals surface area contributed by atoms with Gasteiger partial charge in [0.1, 0.15) is 5.52 Å². The molecule has 1 amide bonds. The molecule has 0 atom stereocenters. The van der Waals surface area contributed by atoms with Crippen molar-refractivity contribution in [2.24, 2.45) is 0 Å². The van der Waals surface area contributed by atoms with Gasteiger partial charge in [0.15, 0.2) is 5.82 Å². The summed E-state index contributed by atoms with van der Waals surface area (Å²) in [6.07, 6.45) is 4.80. The van der Waals surface area contributed by atoms with Gasteiger partial charge in [-0.15, -0.1) is 12.4 Å². The second kappa shape index (κ2) is 9.39. The highest BCUT2D eigenvalue weighted by molar-refractivity contribution is 6.06. The summed E-state index contributed by atoms with van der Waals surface area (Å²) < 4.78 is 2.15. The molecule has 2 heterocycles. The van der Waals surface area contributed by atoms with Crippen molar-refractivity contribution in [3.05, 3.63) is 66.5 Å². The first kappa shape index (κ1) is 20.6. The highest BCUT2D eigenvalue weighted by atomic mass is 35.5. The van der Waals surface area contributed by atoms with E-state index < -0.39 is 0 Å². The van der Waals surface area contributed by atoms with E-state index in [1.807, 2.05) is 54.9 Å². The third kappa shape index (κ3) is 4.49. The largest absolute Gasteiger partial charge is 0.382 e. The number of benzene rings is 2. The van der Waals surface area contributed by atoms with Crippen molar-refractivity contribution in [3.8, 4) is 0 Å². The molecule has 2 aromatic carbocycles. The highest BCUT2D eigenvalue weighted by Gasteiger charge is 2.11. The van der Waals surface area contributed by atoms with Gasteiger partial charge in [-0.05, 0) is 37.5 Å². The number of aromatic nitrogens is 3. The Morgan fingerprint density at radius 3 is 2.59 bits per heavy atom. The van der Waals surface area contributed by atoms with E-state index in [9.17, 15) is 4.79 Å². The standard InChI is InChI=1S/C22H23N5O.ClH/c23-21-19-20(17-11-5-6-12-18(17)26-21)27(15-25-19)14-8-2-7-13-24-22(28)16-9-3-1-4-10-16;/h1,3-6,9-12,15H,2,7-8,13-14H2,(H2,23,26)(H,24,28);1H. The van der Waals surface area contributed by atoms with Gasteiger partial charge in [0.2, 0.25) is 0 Å². The van der Waals surface area contributed by atoms with Crippen LogP contribution in [0.3, 0.4) is 0 Å². The molecule has 0 saturated carbocycles. The highest BCUT2D eigenvalue weighted by Crippen LogP contribution is 2.27. The average molecular weight is 410 g/mol. The van der Waals surface area contributed by atoms with Crippen LogP contribution in [0.2, 0.25) is 0 Å². The fourth-order valence-corrected chi connectivity index (χ4v) is 3.45. The normalized spacial score (nSPS) is 10.8. The van der Waals surface area contributed by atoms with Gasteiger partial charge in [0.05, 0.1) is 17.4 Å². The summed E-state index contributed by atoms with van der Waals surface area (Å²) in [5, 5.41) is 4.04. The topological polar surface area (TPSA) is 85.8 Å². The zero-order chi connectivity index (χ0) is 19.3. The first-order chi connectivity index (χ1) is 13.7. The maximum Gasteiger partial charge on any atom is 0.251 e. The summed E-state index contributed by atoms with van der Waals surface area (Å²) in [7, 11) is 0.